The molecule has 0 amide bonds. The highest BCUT2D eigenvalue weighted by Crippen LogP contribution is 2.04. The Balaban J connectivity index is 3.19. The topological polar surface area (TPSA) is 43.4 Å². The van der Waals surface area contributed by atoms with E-state index in [1.165, 1.54) is 12.8 Å². The van der Waals surface area contributed by atoms with E-state index >= 15 is 0 Å². The van der Waals surface area contributed by atoms with Crippen LogP contribution in [0.4, 0.5) is 0 Å². The molecule has 0 aliphatic heterocycles. The summed E-state index contributed by atoms with van der Waals surface area (Å²) in [6.45, 7) is 4.84. The first-order valence-corrected chi connectivity index (χ1v) is 6.75. The quantitative estimate of drug-likeness (QED) is 0.493. The molecule has 0 aliphatic carbocycles. The Kier molecular flexibility index (Phi) is 11.3. The van der Waals surface area contributed by atoms with Crippen molar-refractivity contribution in [3.63, 3.8) is 0 Å². The molecule has 0 rings (SSSR count). The van der Waals surface area contributed by atoms with Gasteiger partial charge in [0.15, 0.2) is 0 Å². The average molecular weight is 242 g/mol. The van der Waals surface area contributed by atoms with Crippen molar-refractivity contribution in [2.75, 3.05) is 13.2 Å². The highest BCUT2D eigenvalue weighted by atomic mass is 16.5. The molecule has 3 heteroatoms. The van der Waals surface area contributed by atoms with Gasteiger partial charge in [0.1, 0.15) is 11.6 Å². The van der Waals surface area contributed by atoms with Crippen molar-refractivity contribution < 1.29 is 14.3 Å². The zero-order valence-electron chi connectivity index (χ0n) is 11.3. The number of hydrogen-bond donors (Lipinski definition) is 0. The van der Waals surface area contributed by atoms with Gasteiger partial charge >= 0.3 is 0 Å². The standard InChI is InChI=1S/C14H26O3/c1-3-4-5-6-9-14(16)10-12-17-11-7-8-13(2)15/h3-12H2,1-2H3. The van der Waals surface area contributed by atoms with Crippen LogP contribution in [0.25, 0.3) is 0 Å². The number of ketones is 2. The molecule has 0 aliphatic rings. The van der Waals surface area contributed by atoms with Gasteiger partial charge in [-0.05, 0) is 19.8 Å². The van der Waals surface area contributed by atoms with Gasteiger partial charge < -0.3 is 9.53 Å². The van der Waals surface area contributed by atoms with Crippen LogP contribution in [0.15, 0.2) is 0 Å². The SMILES string of the molecule is CCCCCCC(=O)CCOCCCC(C)=O. The Bertz CT molecular complexity index is 212. The predicted molar refractivity (Wildman–Crippen MR) is 69.1 cm³/mol. The number of carbonyl (C=O) groups excluding carboxylic acids is 2. The van der Waals surface area contributed by atoms with Crippen LogP contribution in [0, 0.1) is 0 Å². The molecule has 3 nitrogen and oxygen atoms in total. The second kappa shape index (κ2) is 11.8. The van der Waals surface area contributed by atoms with Crippen LogP contribution in [0.1, 0.15) is 65.2 Å². The Hall–Kier alpha value is -0.700. The van der Waals surface area contributed by atoms with Gasteiger partial charge in [-0.1, -0.05) is 26.2 Å². The fraction of sp³-hybridized carbons (Fsp3) is 0.857. The number of hydrogen-bond acceptors (Lipinski definition) is 3. The van der Waals surface area contributed by atoms with Gasteiger partial charge in [0, 0.05) is 25.9 Å². The zero-order chi connectivity index (χ0) is 12.9. The summed E-state index contributed by atoms with van der Waals surface area (Å²) in [5.41, 5.74) is 0. The molecule has 0 aromatic carbocycles. The van der Waals surface area contributed by atoms with Gasteiger partial charge in [-0.15, -0.1) is 0 Å². The molecule has 0 radical (unpaired) electrons. The van der Waals surface area contributed by atoms with Crippen LogP contribution in [-0.4, -0.2) is 24.8 Å². The van der Waals surface area contributed by atoms with Crippen LogP contribution in [-0.2, 0) is 14.3 Å². The van der Waals surface area contributed by atoms with E-state index in [1.54, 1.807) is 6.92 Å². The minimum absolute atomic E-state index is 0.195. The van der Waals surface area contributed by atoms with Gasteiger partial charge in [-0.3, -0.25) is 4.79 Å². The molecule has 0 saturated heterocycles. The van der Waals surface area contributed by atoms with Crippen molar-refractivity contribution in [2.24, 2.45) is 0 Å². The summed E-state index contributed by atoms with van der Waals surface area (Å²) in [5.74, 6) is 0.494. The van der Waals surface area contributed by atoms with E-state index < -0.39 is 0 Å². The van der Waals surface area contributed by atoms with E-state index in [1.807, 2.05) is 0 Å². The summed E-state index contributed by atoms with van der Waals surface area (Å²) in [5, 5.41) is 0. The predicted octanol–water partition coefficient (Wildman–Crippen LogP) is 3.30. The van der Waals surface area contributed by atoms with E-state index in [2.05, 4.69) is 6.92 Å². The third-order valence-electron chi connectivity index (χ3n) is 2.65. The highest BCUT2D eigenvalue weighted by molar-refractivity contribution is 5.78. The van der Waals surface area contributed by atoms with Gasteiger partial charge in [-0.25, -0.2) is 0 Å². The summed E-state index contributed by atoms with van der Waals surface area (Å²) in [6, 6.07) is 0. The first kappa shape index (κ1) is 16.3. The summed E-state index contributed by atoms with van der Waals surface area (Å²) >= 11 is 0. The number of rotatable bonds is 12. The lowest BCUT2D eigenvalue weighted by Gasteiger charge is -2.03. The summed E-state index contributed by atoms with van der Waals surface area (Å²) < 4.78 is 5.31. The van der Waals surface area contributed by atoms with Crippen molar-refractivity contribution in [3.05, 3.63) is 0 Å². The molecule has 0 heterocycles. The van der Waals surface area contributed by atoms with Crippen molar-refractivity contribution in [1.29, 1.82) is 0 Å². The molecule has 0 spiro atoms. The van der Waals surface area contributed by atoms with Crippen molar-refractivity contribution in [2.45, 2.75) is 65.2 Å². The third kappa shape index (κ3) is 13.2. The number of ether oxygens (including phenoxy) is 1. The highest BCUT2D eigenvalue weighted by Gasteiger charge is 2.01. The molecule has 0 atom stereocenters. The Morgan fingerprint density at radius 3 is 2.29 bits per heavy atom. The maximum absolute atomic E-state index is 11.4. The molecule has 0 saturated carbocycles. The lowest BCUT2D eigenvalue weighted by molar-refractivity contribution is -0.120. The second-order valence-electron chi connectivity index (χ2n) is 4.52. The Labute approximate surface area is 105 Å². The minimum Gasteiger partial charge on any atom is -0.381 e. The lowest BCUT2D eigenvalue weighted by Crippen LogP contribution is -2.05. The van der Waals surface area contributed by atoms with Gasteiger partial charge in [0.05, 0.1) is 6.61 Å². The van der Waals surface area contributed by atoms with Gasteiger partial charge in [0.25, 0.3) is 0 Å². The fourth-order valence-electron chi connectivity index (χ4n) is 1.59. The molecule has 0 unspecified atom stereocenters. The van der Waals surface area contributed by atoms with Gasteiger partial charge in [-0.2, -0.15) is 0 Å². The van der Waals surface area contributed by atoms with E-state index in [4.69, 9.17) is 4.74 Å². The van der Waals surface area contributed by atoms with Crippen molar-refractivity contribution in [3.8, 4) is 0 Å². The Morgan fingerprint density at radius 1 is 0.882 bits per heavy atom. The van der Waals surface area contributed by atoms with Gasteiger partial charge in [0.2, 0.25) is 0 Å². The van der Waals surface area contributed by atoms with E-state index in [-0.39, 0.29) is 5.78 Å². The van der Waals surface area contributed by atoms with Crippen LogP contribution in [0.2, 0.25) is 0 Å². The Morgan fingerprint density at radius 2 is 1.65 bits per heavy atom. The number of unbranched alkanes of at least 4 members (excludes halogenated alkanes) is 3. The maximum atomic E-state index is 11.4. The number of carbonyl (C=O) groups is 2. The summed E-state index contributed by atoms with van der Waals surface area (Å²) in [6.07, 6.45) is 7.13. The monoisotopic (exact) mass is 242 g/mol. The van der Waals surface area contributed by atoms with E-state index in [0.717, 1.165) is 19.3 Å². The van der Waals surface area contributed by atoms with Crippen LogP contribution in [0.5, 0.6) is 0 Å². The normalized spacial score (nSPS) is 10.5. The summed E-state index contributed by atoms with van der Waals surface area (Å²) in [4.78, 5) is 22.1. The summed E-state index contributed by atoms with van der Waals surface area (Å²) in [7, 11) is 0. The van der Waals surface area contributed by atoms with Crippen LogP contribution >= 0.6 is 0 Å². The molecule has 100 valence electrons. The minimum atomic E-state index is 0.195. The molecule has 0 bridgehead atoms. The smallest absolute Gasteiger partial charge is 0.135 e. The number of Topliss-reactive ketones (excluding diaryl/α,β-unsaturated/α-hetero) is 2. The molecule has 0 aromatic heterocycles. The van der Waals surface area contributed by atoms with Crippen LogP contribution in [0.3, 0.4) is 0 Å². The zero-order valence-corrected chi connectivity index (χ0v) is 11.3. The molecular weight excluding hydrogens is 216 g/mol. The molecule has 0 fully saturated rings. The molecule has 17 heavy (non-hydrogen) atoms. The fourth-order valence-corrected chi connectivity index (χ4v) is 1.59. The third-order valence-corrected chi connectivity index (χ3v) is 2.65. The second-order valence-corrected chi connectivity index (χ2v) is 4.52. The largest absolute Gasteiger partial charge is 0.381 e. The molecular formula is C14H26O3. The first-order valence-electron chi connectivity index (χ1n) is 6.75. The van der Waals surface area contributed by atoms with Crippen LogP contribution < -0.4 is 0 Å². The van der Waals surface area contributed by atoms with Crippen molar-refractivity contribution in [1.82, 2.24) is 0 Å². The van der Waals surface area contributed by atoms with E-state index in [9.17, 15) is 9.59 Å². The average Bonchev–Trinajstić information content (AvgIpc) is 2.29. The maximum Gasteiger partial charge on any atom is 0.135 e. The first-order chi connectivity index (χ1) is 8.16. The van der Waals surface area contributed by atoms with Crippen molar-refractivity contribution >= 4 is 11.6 Å². The van der Waals surface area contributed by atoms with E-state index in [0.29, 0.717) is 38.3 Å². The molecule has 0 aromatic rings. The molecule has 0 N–H and O–H groups in total. The lowest BCUT2D eigenvalue weighted by atomic mass is 10.1.